The Kier molecular flexibility index (Phi) is 5.37. The van der Waals surface area contributed by atoms with E-state index in [1.807, 2.05) is 0 Å². The van der Waals surface area contributed by atoms with Gasteiger partial charge >= 0.3 is 6.18 Å². The quantitative estimate of drug-likeness (QED) is 0.281. The Balaban J connectivity index is 1.53. The molecule has 12 heteroatoms. The molecule has 1 amide bonds. The lowest BCUT2D eigenvalue weighted by atomic mass is 10.0. The van der Waals surface area contributed by atoms with Crippen molar-refractivity contribution in [2.24, 2.45) is 0 Å². The van der Waals surface area contributed by atoms with Gasteiger partial charge in [-0.15, -0.1) is 0 Å². The maximum absolute atomic E-state index is 16.0. The third-order valence-corrected chi connectivity index (χ3v) is 6.66. The molecule has 0 aliphatic carbocycles. The molecular formula is C26H18F5N5O2. The highest BCUT2D eigenvalue weighted by Crippen LogP contribution is 2.40. The lowest BCUT2D eigenvalue weighted by Crippen LogP contribution is -2.35. The number of carbonyl (C=O) groups excluding carboxylic acids is 1. The zero-order chi connectivity index (χ0) is 26.8. The Bertz CT molecular complexity index is 1740. The van der Waals surface area contributed by atoms with Crippen molar-refractivity contribution in [2.75, 3.05) is 17.2 Å². The van der Waals surface area contributed by atoms with Gasteiger partial charge in [-0.1, -0.05) is 11.2 Å². The van der Waals surface area contributed by atoms with Crippen molar-refractivity contribution >= 4 is 39.3 Å². The van der Waals surface area contributed by atoms with E-state index in [2.05, 4.69) is 10.3 Å². The van der Waals surface area contributed by atoms with Crippen LogP contribution < -0.4 is 10.6 Å². The summed E-state index contributed by atoms with van der Waals surface area (Å²) in [4.78, 5) is 13.7. The highest BCUT2D eigenvalue weighted by atomic mass is 19.4. The van der Waals surface area contributed by atoms with Gasteiger partial charge in [0.15, 0.2) is 22.9 Å². The highest BCUT2D eigenvalue weighted by Gasteiger charge is 2.38. The predicted molar refractivity (Wildman–Crippen MR) is 130 cm³/mol. The molecule has 0 bridgehead atoms. The van der Waals surface area contributed by atoms with Crippen LogP contribution in [0.2, 0.25) is 0 Å². The van der Waals surface area contributed by atoms with Crippen molar-refractivity contribution in [1.82, 2.24) is 14.9 Å². The van der Waals surface area contributed by atoms with Crippen molar-refractivity contribution in [3.63, 3.8) is 0 Å². The van der Waals surface area contributed by atoms with E-state index in [0.29, 0.717) is 24.0 Å². The molecule has 0 spiro atoms. The molecule has 194 valence electrons. The number of carbonyl (C=O) groups is 1. The molecule has 5 aromatic rings. The van der Waals surface area contributed by atoms with Crippen molar-refractivity contribution < 1.29 is 31.3 Å². The standard InChI is InChI=1S/C26H18F5N5O2/c27-19-12-13(35-10-2-1-3-21(35)37)4-6-15(19)16-7-8-17-23(22(16)28)36(33-24(17)26(29,30)31)14-5-9-20-18(11-14)25(32)34-38-20/h4-9,11-12H,1-3,10H2,(H2,32,34). The van der Waals surface area contributed by atoms with Crippen LogP contribution >= 0.6 is 0 Å². The molecule has 3 aromatic carbocycles. The number of benzene rings is 3. The number of hydrogen-bond acceptors (Lipinski definition) is 5. The van der Waals surface area contributed by atoms with Crippen LogP contribution in [0.25, 0.3) is 38.7 Å². The molecule has 7 nitrogen and oxygen atoms in total. The molecule has 0 atom stereocenters. The molecule has 2 N–H and O–H groups in total. The second kappa shape index (κ2) is 8.54. The van der Waals surface area contributed by atoms with E-state index >= 15 is 8.78 Å². The molecule has 2 aromatic heterocycles. The summed E-state index contributed by atoms with van der Waals surface area (Å²) in [6.45, 7) is 0.443. The number of amides is 1. The Morgan fingerprint density at radius 3 is 2.42 bits per heavy atom. The van der Waals surface area contributed by atoms with Crippen LogP contribution in [-0.2, 0) is 11.0 Å². The first kappa shape index (κ1) is 23.9. The van der Waals surface area contributed by atoms with Gasteiger partial charge in [0, 0.05) is 35.2 Å². The number of nitrogens with two attached hydrogens (primary N) is 1. The molecule has 1 fully saturated rings. The summed E-state index contributed by atoms with van der Waals surface area (Å²) in [5.41, 5.74) is 4.26. The zero-order valence-electron chi connectivity index (χ0n) is 19.5. The summed E-state index contributed by atoms with van der Waals surface area (Å²) in [7, 11) is 0. The Morgan fingerprint density at radius 1 is 0.921 bits per heavy atom. The fourth-order valence-electron chi connectivity index (χ4n) is 4.82. The average Bonchev–Trinajstić information content (AvgIpc) is 3.46. The van der Waals surface area contributed by atoms with E-state index in [9.17, 15) is 18.0 Å². The average molecular weight is 527 g/mol. The largest absolute Gasteiger partial charge is 0.435 e. The van der Waals surface area contributed by atoms with Gasteiger partial charge in [-0.2, -0.15) is 18.3 Å². The number of piperidine rings is 1. The van der Waals surface area contributed by atoms with Crippen LogP contribution in [0, 0.1) is 11.6 Å². The molecule has 1 aliphatic heterocycles. The van der Waals surface area contributed by atoms with E-state index in [-0.39, 0.29) is 34.1 Å². The molecule has 0 saturated carbocycles. The van der Waals surface area contributed by atoms with Gasteiger partial charge in [-0.05, 0) is 55.3 Å². The summed E-state index contributed by atoms with van der Waals surface area (Å²) in [5, 5.41) is 7.11. The number of nitrogens with zero attached hydrogens (tertiary/aromatic N) is 4. The Labute approximate surface area is 211 Å². The third-order valence-electron chi connectivity index (χ3n) is 6.66. The van der Waals surface area contributed by atoms with Crippen LogP contribution in [0.15, 0.2) is 53.1 Å². The van der Waals surface area contributed by atoms with Gasteiger partial charge in [0.05, 0.1) is 11.1 Å². The number of rotatable bonds is 3. The molecule has 38 heavy (non-hydrogen) atoms. The topological polar surface area (TPSA) is 90.2 Å². The smallest absolute Gasteiger partial charge is 0.380 e. The molecule has 0 unspecified atom stereocenters. The van der Waals surface area contributed by atoms with Gasteiger partial charge < -0.3 is 15.2 Å². The van der Waals surface area contributed by atoms with Crippen LogP contribution in [0.3, 0.4) is 0 Å². The first-order valence-electron chi connectivity index (χ1n) is 11.7. The minimum Gasteiger partial charge on any atom is -0.380 e. The second-order valence-corrected chi connectivity index (χ2v) is 9.00. The Hall–Kier alpha value is -4.48. The number of fused-ring (bicyclic) bond motifs is 2. The number of hydrogen-bond donors (Lipinski definition) is 1. The summed E-state index contributed by atoms with van der Waals surface area (Å²) < 4.78 is 78.7. The van der Waals surface area contributed by atoms with Gasteiger partial charge in [-0.25, -0.2) is 13.5 Å². The molecular weight excluding hydrogens is 509 g/mol. The van der Waals surface area contributed by atoms with Crippen LogP contribution in [0.1, 0.15) is 25.0 Å². The maximum Gasteiger partial charge on any atom is 0.435 e. The molecule has 0 radical (unpaired) electrons. The summed E-state index contributed by atoms with van der Waals surface area (Å²) in [6, 6.07) is 10.3. The first-order chi connectivity index (χ1) is 18.1. The summed E-state index contributed by atoms with van der Waals surface area (Å²) >= 11 is 0. The number of alkyl halides is 3. The van der Waals surface area contributed by atoms with E-state index in [1.165, 1.54) is 35.2 Å². The normalized spacial score (nSPS) is 14.7. The monoisotopic (exact) mass is 527 g/mol. The fraction of sp³-hybridized carbons (Fsp3) is 0.192. The molecule has 1 aliphatic rings. The second-order valence-electron chi connectivity index (χ2n) is 9.00. The maximum atomic E-state index is 16.0. The number of anilines is 2. The summed E-state index contributed by atoms with van der Waals surface area (Å²) in [5.74, 6) is -2.04. The van der Waals surface area contributed by atoms with Crippen LogP contribution in [0.5, 0.6) is 0 Å². The highest BCUT2D eigenvalue weighted by molar-refractivity contribution is 5.95. The lowest BCUT2D eigenvalue weighted by Gasteiger charge is -2.27. The number of nitrogen functional groups attached to an aromatic ring is 1. The van der Waals surface area contributed by atoms with E-state index in [0.717, 1.165) is 35.7 Å². The van der Waals surface area contributed by atoms with E-state index < -0.39 is 34.4 Å². The van der Waals surface area contributed by atoms with Crippen LogP contribution in [0.4, 0.5) is 33.5 Å². The minimum atomic E-state index is -4.88. The lowest BCUT2D eigenvalue weighted by molar-refractivity contribution is -0.140. The summed E-state index contributed by atoms with van der Waals surface area (Å²) in [6.07, 6.45) is -3.00. The van der Waals surface area contributed by atoms with Gasteiger partial charge in [0.25, 0.3) is 0 Å². The molecule has 1 saturated heterocycles. The van der Waals surface area contributed by atoms with Gasteiger partial charge in [-0.3, -0.25) is 4.79 Å². The molecule has 6 rings (SSSR count). The Morgan fingerprint density at radius 2 is 1.68 bits per heavy atom. The SMILES string of the molecule is Nc1noc2ccc(-n3nc(C(F)(F)F)c4ccc(-c5ccc(N6CCCCC6=O)cc5F)c(F)c43)cc12. The minimum absolute atomic E-state index is 0.00451. The number of halogens is 5. The van der Waals surface area contributed by atoms with Crippen molar-refractivity contribution in [2.45, 2.75) is 25.4 Å². The first-order valence-corrected chi connectivity index (χ1v) is 11.7. The van der Waals surface area contributed by atoms with Gasteiger partial charge in [0.1, 0.15) is 11.3 Å². The number of aromatic nitrogens is 3. The zero-order valence-corrected chi connectivity index (χ0v) is 19.5. The van der Waals surface area contributed by atoms with Crippen molar-refractivity contribution in [1.29, 1.82) is 0 Å². The van der Waals surface area contributed by atoms with Crippen LogP contribution in [-0.4, -0.2) is 27.4 Å². The van der Waals surface area contributed by atoms with Crippen molar-refractivity contribution in [3.8, 4) is 16.8 Å². The van der Waals surface area contributed by atoms with Crippen molar-refractivity contribution in [3.05, 3.63) is 65.9 Å². The third kappa shape index (κ3) is 3.75. The van der Waals surface area contributed by atoms with Gasteiger partial charge in [0.2, 0.25) is 5.91 Å². The predicted octanol–water partition coefficient (Wildman–Crippen LogP) is 6.23. The molecule has 3 heterocycles. The fourth-order valence-corrected chi connectivity index (χ4v) is 4.82. The van der Waals surface area contributed by atoms with E-state index in [4.69, 9.17) is 10.3 Å². The van der Waals surface area contributed by atoms with E-state index in [1.54, 1.807) is 0 Å².